The van der Waals surface area contributed by atoms with E-state index in [-0.39, 0.29) is 0 Å². The van der Waals surface area contributed by atoms with Crippen LogP contribution in [-0.2, 0) is 0 Å². The van der Waals surface area contributed by atoms with Crippen LogP contribution in [0.25, 0.3) is 0 Å². The number of halogens is 1. The lowest BCUT2D eigenvalue weighted by atomic mass is 9.93. The van der Waals surface area contributed by atoms with Crippen LogP contribution in [-0.4, -0.2) is 13.1 Å². The second-order valence-electron chi connectivity index (χ2n) is 4.59. The predicted molar refractivity (Wildman–Crippen MR) is 79.6 cm³/mol. The van der Waals surface area contributed by atoms with Crippen molar-refractivity contribution in [2.24, 2.45) is 0 Å². The van der Waals surface area contributed by atoms with Gasteiger partial charge in [-0.15, -0.1) is 0 Å². The van der Waals surface area contributed by atoms with Gasteiger partial charge in [0.25, 0.3) is 0 Å². The van der Waals surface area contributed by atoms with Crippen LogP contribution in [0.1, 0.15) is 51.0 Å². The minimum Gasteiger partial charge on any atom is -0.316 e. The smallest absolute Gasteiger partial charge is 0.0175 e. The molecule has 2 heteroatoms. The van der Waals surface area contributed by atoms with Gasteiger partial charge in [0.15, 0.2) is 0 Å². The van der Waals surface area contributed by atoms with E-state index in [4.69, 9.17) is 0 Å². The first-order valence-electron chi connectivity index (χ1n) is 6.74. The molecule has 0 aromatic heterocycles. The van der Waals surface area contributed by atoms with Crippen LogP contribution in [0.5, 0.6) is 0 Å². The van der Waals surface area contributed by atoms with Gasteiger partial charge in [-0.1, -0.05) is 54.8 Å². The molecular formula is C15H24BrN. The molecular weight excluding hydrogens is 274 g/mol. The molecule has 0 aliphatic heterocycles. The van der Waals surface area contributed by atoms with Crippen molar-refractivity contribution < 1.29 is 0 Å². The van der Waals surface area contributed by atoms with Gasteiger partial charge in [-0.05, 0) is 43.0 Å². The summed E-state index contributed by atoms with van der Waals surface area (Å²) in [6.45, 7) is 6.71. The van der Waals surface area contributed by atoms with Crippen LogP contribution >= 0.6 is 15.9 Å². The Morgan fingerprint density at radius 3 is 2.41 bits per heavy atom. The summed E-state index contributed by atoms with van der Waals surface area (Å²) in [5, 5.41) is 3.55. The molecule has 0 heterocycles. The summed E-state index contributed by atoms with van der Waals surface area (Å²) in [7, 11) is 0. The zero-order valence-corrected chi connectivity index (χ0v) is 12.6. The SMILES string of the molecule is CCCCC(CNCCC)c1ccc(Br)cc1. The molecule has 96 valence electrons. The number of hydrogen-bond acceptors (Lipinski definition) is 1. The Balaban J connectivity index is 2.57. The first-order valence-corrected chi connectivity index (χ1v) is 7.53. The zero-order valence-electron chi connectivity index (χ0n) is 11.0. The summed E-state index contributed by atoms with van der Waals surface area (Å²) < 4.78 is 1.16. The Bertz CT molecular complexity index is 294. The van der Waals surface area contributed by atoms with Crippen molar-refractivity contribution in [1.82, 2.24) is 5.32 Å². The van der Waals surface area contributed by atoms with Crippen LogP contribution in [0.15, 0.2) is 28.7 Å². The van der Waals surface area contributed by atoms with Crippen LogP contribution in [0.3, 0.4) is 0 Å². The van der Waals surface area contributed by atoms with Crippen molar-refractivity contribution >= 4 is 15.9 Å². The maximum atomic E-state index is 3.55. The van der Waals surface area contributed by atoms with Gasteiger partial charge < -0.3 is 5.32 Å². The third-order valence-electron chi connectivity index (χ3n) is 3.07. The van der Waals surface area contributed by atoms with Gasteiger partial charge in [-0.2, -0.15) is 0 Å². The van der Waals surface area contributed by atoms with Crippen LogP contribution in [0.4, 0.5) is 0 Å². The molecule has 0 amide bonds. The van der Waals surface area contributed by atoms with Gasteiger partial charge in [-0.25, -0.2) is 0 Å². The highest BCUT2D eigenvalue weighted by Gasteiger charge is 2.10. The summed E-state index contributed by atoms with van der Waals surface area (Å²) in [4.78, 5) is 0. The summed E-state index contributed by atoms with van der Waals surface area (Å²) in [6, 6.07) is 8.79. The molecule has 0 bridgehead atoms. The van der Waals surface area contributed by atoms with Crippen molar-refractivity contribution in [2.75, 3.05) is 13.1 Å². The summed E-state index contributed by atoms with van der Waals surface area (Å²) in [5.41, 5.74) is 1.46. The van der Waals surface area contributed by atoms with E-state index in [2.05, 4.69) is 59.4 Å². The van der Waals surface area contributed by atoms with E-state index in [0.717, 1.165) is 17.6 Å². The lowest BCUT2D eigenvalue weighted by Gasteiger charge is -2.18. The fourth-order valence-electron chi connectivity index (χ4n) is 2.03. The van der Waals surface area contributed by atoms with E-state index >= 15 is 0 Å². The predicted octanol–water partition coefficient (Wildman–Crippen LogP) is 4.72. The Labute approximate surface area is 114 Å². The molecule has 1 N–H and O–H groups in total. The van der Waals surface area contributed by atoms with Crippen LogP contribution in [0, 0.1) is 0 Å². The summed E-state index contributed by atoms with van der Waals surface area (Å²) in [5.74, 6) is 0.662. The molecule has 1 aromatic carbocycles. The molecule has 0 aliphatic carbocycles. The quantitative estimate of drug-likeness (QED) is 0.685. The minimum absolute atomic E-state index is 0.662. The molecule has 0 aliphatic rings. The van der Waals surface area contributed by atoms with E-state index in [1.807, 2.05) is 0 Å². The van der Waals surface area contributed by atoms with Gasteiger partial charge in [0.2, 0.25) is 0 Å². The van der Waals surface area contributed by atoms with Gasteiger partial charge in [0.1, 0.15) is 0 Å². The number of rotatable bonds is 8. The highest BCUT2D eigenvalue weighted by Crippen LogP contribution is 2.23. The highest BCUT2D eigenvalue weighted by atomic mass is 79.9. The van der Waals surface area contributed by atoms with Crippen molar-refractivity contribution in [3.8, 4) is 0 Å². The highest BCUT2D eigenvalue weighted by molar-refractivity contribution is 9.10. The zero-order chi connectivity index (χ0) is 12.5. The third kappa shape index (κ3) is 5.69. The third-order valence-corrected chi connectivity index (χ3v) is 3.59. The molecule has 0 spiro atoms. The molecule has 0 saturated heterocycles. The average molecular weight is 298 g/mol. The van der Waals surface area contributed by atoms with Crippen LogP contribution < -0.4 is 5.32 Å². The Morgan fingerprint density at radius 1 is 1.12 bits per heavy atom. The van der Waals surface area contributed by atoms with E-state index < -0.39 is 0 Å². The number of benzene rings is 1. The normalized spacial score (nSPS) is 12.6. The molecule has 1 unspecified atom stereocenters. The molecule has 1 aromatic rings. The van der Waals surface area contributed by atoms with E-state index in [1.165, 1.54) is 31.2 Å². The van der Waals surface area contributed by atoms with Crippen LogP contribution in [0.2, 0.25) is 0 Å². The maximum Gasteiger partial charge on any atom is 0.0175 e. The van der Waals surface area contributed by atoms with Crippen molar-refractivity contribution in [3.63, 3.8) is 0 Å². The molecule has 0 radical (unpaired) electrons. The molecule has 0 saturated carbocycles. The van der Waals surface area contributed by atoms with Crippen molar-refractivity contribution in [2.45, 2.75) is 45.4 Å². The first kappa shape index (κ1) is 14.7. The Kier molecular flexibility index (Phi) is 7.54. The lowest BCUT2D eigenvalue weighted by Crippen LogP contribution is -2.22. The van der Waals surface area contributed by atoms with Crippen molar-refractivity contribution in [3.05, 3.63) is 34.3 Å². The first-order chi connectivity index (χ1) is 8.27. The Hall–Kier alpha value is -0.340. The van der Waals surface area contributed by atoms with Gasteiger partial charge in [-0.3, -0.25) is 0 Å². The lowest BCUT2D eigenvalue weighted by molar-refractivity contribution is 0.528. The monoisotopic (exact) mass is 297 g/mol. The number of unbranched alkanes of at least 4 members (excludes halogenated alkanes) is 1. The van der Waals surface area contributed by atoms with Crippen molar-refractivity contribution in [1.29, 1.82) is 0 Å². The molecule has 1 rings (SSSR count). The summed E-state index contributed by atoms with van der Waals surface area (Å²) in [6.07, 6.45) is 5.09. The molecule has 1 atom stereocenters. The van der Waals surface area contributed by atoms with E-state index in [0.29, 0.717) is 5.92 Å². The standard InChI is InChI=1S/C15H24BrN/c1-3-5-6-14(12-17-11-4-2)13-7-9-15(16)10-8-13/h7-10,14,17H,3-6,11-12H2,1-2H3. The Morgan fingerprint density at radius 2 is 1.82 bits per heavy atom. The van der Waals surface area contributed by atoms with Gasteiger partial charge in [0.05, 0.1) is 0 Å². The molecule has 1 nitrogen and oxygen atoms in total. The average Bonchev–Trinajstić information content (AvgIpc) is 2.35. The molecule has 0 fully saturated rings. The maximum absolute atomic E-state index is 3.55. The fourth-order valence-corrected chi connectivity index (χ4v) is 2.29. The fraction of sp³-hybridized carbons (Fsp3) is 0.600. The second kappa shape index (κ2) is 8.71. The topological polar surface area (TPSA) is 12.0 Å². The van der Waals surface area contributed by atoms with Gasteiger partial charge >= 0.3 is 0 Å². The second-order valence-corrected chi connectivity index (χ2v) is 5.51. The number of nitrogens with one attached hydrogen (secondary N) is 1. The molecule has 17 heavy (non-hydrogen) atoms. The van der Waals surface area contributed by atoms with E-state index in [1.54, 1.807) is 0 Å². The van der Waals surface area contributed by atoms with E-state index in [9.17, 15) is 0 Å². The largest absolute Gasteiger partial charge is 0.316 e. The van der Waals surface area contributed by atoms with Gasteiger partial charge in [0, 0.05) is 11.0 Å². The summed E-state index contributed by atoms with van der Waals surface area (Å²) >= 11 is 3.50. The minimum atomic E-state index is 0.662. The number of hydrogen-bond donors (Lipinski definition) is 1.